The van der Waals surface area contributed by atoms with Crippen LogP contribution in [0.5, 0.6) is 0 Å². The van der Waals surface area contributed by atoms with Crippen molar-refractivity contribution in [2.75, 3.05) is 6.54 Å². The summed E-state index contributed by atoms with van der Waals surface area (Å²) in [6, 6.07) is 10.7. The average molecular weight is 365 g/mol. The fourth-order valence-corrected chi connectivity index (χ4v) is 3.35. The Labute approximate surface area is 151 Å². The molecule has 0 aliphatic carbocycles. The molecular formula is C18H21ClN2O2S. The Kier molecular flexibility index (Phi) is 6.82. The van der Waals surface area contributed by atoms with Gasteiger partial charge in [0.05, 0.1) is 6.04 Å². The number of halogens is 1. The summed E-state index contributed by atoms with van der Waals surface area (Å²) in [5.74, 6) is 0.0212. The predicted octanol–water partition coefficient (Wildman–Crippen LogP) is 4.03. The second-order valence-electron chi connectivity index (χ2n) is 5.82. The SMILES string of the molecule is CC(C)[C@H](NC(=O)CCNC(=O)c1ccc(Cl)cc1)c1cccs1. The lowest BCUT2D eigenvalue weighted by Gasteiger charge is -2.21. The van der Waals surface area contributed by atoms with Crippen LogP contribution in [0.25, 0.3) is 0 Å². The van der Waals surface area contributed by atoms with Gasteiger partial charge >= 0.3 is 0 Å². The van der Waals surface area contributed by atoms with Crippen LogP contribution < -0.4 is 10.6 Å². The normalized spacial score (nSPS) is 12.0. The van der Waals surface area contributed by atoms with Crippen LogP contribution in [0.2, 0.25) is 5.02 Å². The van der Waals surface area contributed by atoms with Crippen molar-refractivity contribution in [3.8, 4) is 0 Å². The van der Waals surface area contributed by atoms with E-state index in [4.69, 9.17) is 11.6 Å². The molecule has 0 spiro atoms. The number of hydrogen-bond donors (Lipinski definition) is 2. The van der Waals surface area contributed by atoms with Gasteiger partial charge in [0.15, 0.2) is 0 Å². The topological polar surface area (TPSA) is 58.2 Å². The Morgan fingerprint density at radius 1 is 1.17 bits per heavy atom. The van der Waals surface area contributed by atoms with Crippen molar-refractivity contribution in [1.29, 1.82) is 0 Å². The van der Waals surface area contributed by atoms with E-state index in [-0.39, 0.29) is 24.3 Å². The highest BCUT2D eigenvalue weighted by Crippen LogP contribution is 2.25. The van der Waals surface area contributed by atoms with Gasteiger partial charge in [-0.3, -0.25) is 9.59 Å². The molecular weight excluding hydrogens is 344 g/mol. The molecule has 4 nitrogen and oxygen atoms in total. The number of carbonyl (C=O) groups excluding carboxylic acids is 2. The summed E-state index contributed by atoms with van der Waals surface area (Å²) < 4.78 is 0. The van der Waals surface area contributed by atoms with E-state index in [9.17, 15) is 9.59 Å². The summed E-state index contributed by atoms with van der Waals surface area (Å²) in [5, 5.41) is 8.37. The summed E-state index contributed by atoms with van der Waals surface area (Å²) in [7, 11) is 0. The first-order valence-electron chi connectivity index (χ1n) is 7.84. The molecule has 0 aliphatic heterocycles. The lowest BCUT2D eigenvalue weighted by molar-refractivity contribution is -0.122. The van der Waals surface area contributed by atoms with Crippen LogP contribution >= 0.6 is 22.9 Å². The second kappa shape index (κ2) is 8.85. The maximum Gasteiger partial charge on any atom is 0.251 e. The van der Waals surface area contributed by atoms with Gasteiger partial charge in [0.2, 0.25) is 5.91 Å². The predicted molar refractivity (Wildman–Crippen MR) is 98.4 cm³/mol. The first kappa shape index (κ1) is 18.5. The Morgan fingerprint density at radius 3 is 2.46 bits per heavy atom. The van der Waals surface area contributed by atoms with Gasteiger partial charge in [-0.25, -0.2) is 0 Å². The largest absolute Gasteiger partial charge is 0.352 e. The zero-order chi connectivity index (χ0) is 17.5. The Bertz CT molecular complexity index is 669. The number of nitrogens with one attached hydrogen (secondary N) is 2. The van der Waals surface area contributed by atoms with E-state index in [0.717, 1.165) is 4.88 Å². The molecule has 0 saturated heterocycles. The van der Waals surface area contributed by atoms with E-state index in [1.807, 2.05) is 17.5 Å². The van der Waals surface area contributed by atoms with E-state index in [0.29, 0.717) is 23.0 Å². The maximum absolute atomic E-state index is 12.1. The highest BCUT2D eigenvalue weighted by molar-refractivity contribution is 7.10. The highest BCUT2D eigenvalue weighted by Gasteiger charge is 2.19. The van der Waals surface area contributed by atoms with E-state index in [1.54, 1.807) is 35.6 Å². The van der Waals surface area contributed by atoms with Gasteiger partial charge in [-0.1, -0.05) is 31.5 Å². The lowest BCUT2D eigenvalue weighted by atomic mass is 10.0. The quantitative estimate of drug-likeness (QED) is 0.779. The van der Waals surface area contributed by atoms with Crippen LogP contribution in [0.15, 0.2) is 41.8 Å². The third-order valence-corrected chi connectivity index (χ3v) is 4.78. The van der Waals surface area contributed by atoms with Gasteiger partial charge in [0, 0.05) is 28.4 Å². The maximum atomic E-state index is 12.1. The molecule has 0 saturated carbocycles. The minimum absolute atomic E-state index is 0.00414. The number of amides is 2. The highest BCUT2D eigenvalue weighted by atomic mass is 35.5. The van der Waals surface area contributed by atoms with Gasteiger partial charge in [-0.15, -0.1) is 11.3 Å². The van der Waals surface area contributed by atoms with Crippen molar-refractivity contribution in [3.05, 3.63) is 57.2 Å². The lowest BCUT2D eigenvalue weighted by Crippen LogP contribution is -2.34. The molecule has 128 valence electrons. The Hall–Kier alpha value is -1.85. The van der Waals surface area contributed by atoms with Crippen molar-refractivity contribution >= 4 is 34.8 Å². The van der Waals surface area contributed by atoms with Gasteiger partial charge in [0.1, 0.15) is 0 Å². The molecule has 6 heteroatoms. The third-order valence-electron chi connectivity index (χ3n) is 3.58. The van der Waals surface area contributed by atoms with Gasteiger partial charge in [-0.2, -0.15) is 0 Å². The molecule has 2 N–H and O–H groups in total. The zero-order valence-electron chi connectivity index (χ0n) is 13.7. The smallest absolute Gasteiger partial charge is 0.251 e. The molecule has 24 heavy (non-hydrogen) atoms. The fourth-order valence-electron chi connectivity index (χ4n) is 2.27. The first-order valence-corrected chi connectivity index (χ1v) is 9.09. The average Bonchev–Trinajstić information content (AvgIpc) is 3.07. The summed E-state index contributed by atoms with van der Waals surface area (Å²) in [4.78, 5) is 25.3. The van der Waals surface area contributed by atoms with Gasteiger partial charge in [-0.05, 0) is 41.6 Å². The van der Waals surface area contributed by atoms with Crippen LogP contribution in [0.3, 0.4) is 0 Å². The first-order chi connectivity index (χ1) is 11.5. The van der Waals surface area contributed by atoms with Crippen molar-refractivity contribution in [2.24, 2.45) is 5.92 Å². The minimum Gasteiger partial charge on any atom is -0.352 e. The molecule has 0 fully saturated rings. The standard InChI is InChI=1S/C18H21ClN2O2S/c1-12(2)17(15-4-3-11-24-15)21-16(22)9-10-20-18(23)13-5-7-14(19)8-6-13/h3-8,11-12,17H,9-10H2,1-2H3,(H,20,23)(H,21,22)/t17-/m0/s1. The Balaban J connectivity index is 1.80. The number of benzene rings is 1. The van der Waals surface area contributed by atoms with Gasteiger partial charge in [0.25, 0.3) is 5.91 Å². The Morgan fingerprint density at radius 2 is 1.88 bits per heavy atom. The van der Waals surface area contributed by atoms with Gasteiger partial charge < -0.3 is 10.6 Å². The molecule has 2 rings (SSSR count). The van der Waals surface area contributed by atoms with Crippen LogP contribution in [0.4, 0.5) is 0 Å². The third kappa shape index (κ3) is 5.35. The summed E-state index contributed by atoms with van der Waals surface area (Å²) >= 11 is 7.43. The van der Waals surface area contributed by atoms with E-state index in [1.165, 1.54) is 0 Å². The summed E-state index contributed by atoms with van der Waals surface area (Å²) in [5.41, 5.74) is 0.526. The molecule has 0 radical (unpaired) electrons. The van der Waals surface area contributed by atoms with E-state index in [2.05, 4.69) is 24.5 Å². The molecule has 2 aromatic rings. The van der Waals surface area contributed by atoms with Crippen molar-refractivity contribution in [2.45, 2.75) is 26.3 Å². The van der Waals surface area contributed by atoms with E-state index < -0.39 is 0 Å². The fraction of sp³-hybridized carbons (Fsp3) is 0.333. The number of rotatable bonds is 7. The number of carbonyl (C=O) groups is 2. The van der Waals surface area contributed by atoms with Crippen LogP contribution in [-0.4, -0.2) is 18.4 Å². The monoisotopic (exact) mass is 364 g/mol. The molecule has 0 aliphatic rings. The summed E-state index contributed by atoms with van der Waals surface area (Å²) in [6.07, 6.45) is 0.244. The van der Waals surface area contributed by atoms with Crippen LogP contribution in [0, 0.1) is 5.92 Å². The molecule has 1 heterocycles. The molecule has 1 atom stereocenters. The zero-order valence-corrected chi connectivity index (χ0v) is 15.3. The summed E-state index contributed by atoms with van der Waals surface area (Å²) in [6.45, 7) is 4.45. The number of hydrogen-bond acceptors (Lipinski definition) is 3. The van der Waals surface area contributed by atoms with E-state index >= 15 is 0 Å². The number of thiophene rings is 1. The van der Waals surface area contributed by atoms with Crippen molar-refractivity contribution in [1.82, 2.24) is 10.6 Å². The second-order valence-corrected chi connectivity index (χ2v) is 7.23. The minimum atomic E-state index is -0.210. The molecule has 2 amide bonds. The van der Waals surface area contributed by atoms with Crippen LogP contribution in [0.1, 0.15) is 41.5 Å². The van der Waals surface area contributed by atoms with Crippen molar-refractivity contribution in [3.63, 3.8) is 0 Å². The molecule has 1 aromatic carbocycles. The van der Waals surface area contributed by atoms with Crippen LogP contribution in [-0.2, 0) is 4.79 Å². The van der Waals surface area contributed by atoms with Crippen molar-refractivity contribution < 1.29 is 9.59 Å². The molecule has 1 aromatic heterocycles. The molecule has 0 bridgehead atoms. The molecule has 0 unspecified atom stereocenters.